The van der Waals surface area contributed by atoms with Crippen LogP contribution in [0.2, 0.25) is 0 Å². The largest absolute Gasteiger partial charge is 0.457 e. The number of hydrogen-bond donors (Lipinski definition) is 3. The molecule has 1 aliphatic rings. The van der Waals surface area contributed by atoms with Crippen molar-refractivity contribution in [2.24, 2.45) is 0 Å². The van der Waals surface area contributed by atoms with Crippen LogP contribution in [-0.4, -0.2) is 73.7 Å². The molecule has 1 saturated heterocycles. The number of ether oxygens (including phenoxy) is 2. The number of morpholine rings is 1. The van der Waals surface area contributed by atoms with Gasteiger partial charge in [0.2, 0.25) is 0 Å². The van der Waals surface area contributed by atoms with E-state index in [9.17, 15) is 18.3 Å². The van der Waals surface area contributed by atoms with Crippen molar-refractivity contribution in [2.75, 3.05) is 38.6 Å². The Labute approximate surface area is 187 Å². The molecule has 0 aliphatic carbocycles. The van der Waals surface area contributed by atoms with Crippen molar-refractivity contribution in [3.63, 3.8) is 0 Å². The molecule has 1 heterocycles. The lowest BCUT2D eigenvalue weighted by molar-refractivity contribution is -0.149. The van der Waals surface area contributed by atoms with Crippen molar-refractivity contribution >= 4 is 15.7 Å². The third-order valence-corrected chi connectivity index (χ3v) is 7.29. The molecule has 174 valence electrons. The summed E-state index contributed by atoms with van der Waals surface area (Å²) in [5.74, 6) is -0.990. The van der Waals surface area contributed by atoms with Gasteiger partial charge in [-0.1, -0.05) is 6.07 Å². The average Bonchev–Trinajstić information content (AvgIpc) is 2.76. The highest BCUT2D eigenvalue weighted by molar-refractivity contribution is 7.91. The highest BCUT2D eigenvalue weighted by atomic mass is 32.2. The Hall–Kier alpha value is -2.50. The van der Waals surface area contributed by atoms with Gasteiger partial charge in [0.05, 0.1) is 23.9 Å². The first-order valence-corrected chi connectivity index (χ1v) is 11.8. The summed E-state index contributed by atoms with van der Waals surface area (Å²) in [5, 5.41) is 19.9. The lowest BCUT2D eigenvalue weighted by Gasteiger charge is -2.34. The smallest absolute Gasteiger partial charge is 0.277 e. The minimum absolute atomic E-state index is 0.0731. The molecule has 32 heavy (non-hydrogen) atoms. The predicted octanol–water partition coefficient (Wildman–Crippen LogP) is 1.44. The zero-order chi connectivity index (χ0) is 23.4. The van der Waals surface area contributed by atoms with Crippen LogP contribution in [0.25, 0.3) is 0 Å². The molecule has 10 heteroatoms. The van der Waals surface area contributed by atoms with Crippen molar-refractivity contribution in [3.05, 3.63) is 53.6 Å². The van der Waals surface area contributed by atoms with Crippen LogP contribution in [-0.2, 0) is 19.4 Å². The highest BCUT2D eigenvalue weighted by Gasteiger charge is 2.43. The van der Waals surface area contributed by atoms with Gasteiger partial charge in [0.25, 0.3) is 5.91 Å². The molecular formula is C22H28N2O7S. The van der Waals surface area contributed by atoms with Crippen LogP contribution >= 0.6 is 0 Å². The summed E-state index contributed by atoms with van der Waals surface area (Å²) in [5.41, 5.74) is 1.26. The Morgan fingerprint density at radius 2 is 1.72 bits per heavy atom. The summed E-state index contributed by atoms with van der Waals surface area (Å²) in [7, 11) is -4.06. The van der Waals surface area contributed by atoms with Gasteiger partial charge < -0.3 is 14.6 Å². The number of benzene rings is 2. The summed E-state index contributed by atoms with van der Waals surface area (Å²) >= 11 is 0. The number of aliphatic hydroxyl groups is 1. The molecule has 1 unspecified atom stereocenters. The Bertz CT molecular complexity index is 1050. The number of carbonyl (C=O) groups excluding carboxylic acids is 1. The first-order valence-electron chi connectivity index (χ1n) is 10.2. The number of sulfone groups is 1. The van der Waals surface area contributed by atoms with Gasteiger partial charge in [-0.05, 0) is 61.4 Å². The van der Waals surface area contributed by atoms with Gasteiger partial charge in [0, 0.05) is 19.6 Å². The Balaban J connectivity index is 1.75. The van der Waals surface area contributed by atoms with Gasteiger partial charge in [-0.2, -0.15) is 0 Å². The molecule has 1 amide bonds. The van der Waals surface area contributed by atoms with E-state index in [0.717, 1.165) is 11.1 Å². The lowest BCUT2D eigenvalue weighted by atomic mass is 10.1. The second-order valence-electron chi connectivity index (χ2n) is 7.94. The van der Waals surface area contributed by atoms with Gasteiger partial charge in [-0.25, -0.2) is 13.9 Å². The molecule has 3 N–H and O–H groups in total. The van der Waals surface area contributed by atoms with Crippen LogP contribution in [0.5, 0.6) is 11.5 Å². The molecule has 1 atom stereocenters. The van der Waals surface area contributed by atoms with Gasteiger partial charge in [-0.3, -0.25) is 14.9 Å². The lowest BCUT2D eigenvalue weighted by Crippen LogP contribution is -2.58. The SMILES string of the molecule is Cc1ccc(Oc2ccc(S(=O)(=O)CC(O)(CN3CCOCC3)C(=O)NO)cc2)cc1C. The normalized spacial score (nSPS) is 16.9. The number of hydroxylamine groups is 1. The van der Waals surface area contributed by atoms with Crippen molar-refractivity contribution in [1.29, 1.82) is 0 Å². The number of aryl methyl sites for hydroxylation is 2. The quantitative estimate of drug-likeness (QED) is 0.396. The number of β-amino-alcohol motifs (C(OH)–C–C–N with tert-alkyl or cyclic N) is 1. The van der Waals surface area contributed by atoms with Crippen LogP contribution in [0.4, 0.5) is 0 Å². The van der Waals surface area contributed by atoms with E-state index in [4.69, 9.17) is 14.7 Å². The van der Waals surface area contributed by atoms with E-state index < -0.39 is 27.1 Å². The summed E-state index contributed by atoms with van der Waals surface area (Å²) in [6.45, 7) is 5.40. The fourth-order valence-corrected chi connectivity index (χ4v) is 5.01. The Morgan fingerprint density at radius 3 is 2.31 bits per heavy atom. The van der Waals surface area contributed by atoms with Gasteiger partial charge in [0.15, 0.2) is 15.4 Å². The third-order valence-electron chi connectivity index (χ3n) is 5.44. The molecule has 0 aromatic heterocycles. The highest BCUT2D eigenvalue weighted by Crippen LogP contribution is 2.26. The average molecular weight is 465 g/mol. The van der Waals surface area contributed by atoms with E-state index in [2.05, 4.69) is 0 Å². The molecule has 2 aromatic carbocycles. The number of nitrogens with zero attached hydrogens (tertiary/aromatic N) is 1. The minimum Gasteiger partial charge on any atom is -0.457 e. The van der Waals surface area contributed by atoms with Crippen LogP contribution < -0.4 is 10.2 Å². The van der Waals surface area contributed by atoms with E-state index in [1.165, 1.54) is 29.7 Å². The standard InChI is InChI=1S/C22H28N2O7S/c1-16-3-4-19(13-17(16)2)31-18-5-7-20(8-6-18)32(28,29)15-22(26,21(25)23-27)14-24-9-11-30-12-10-24/h3-8,13,26-27H,9-12,14-15H2,1-2H3,(H,23,25). The number of nitrogens with one attached hydrogen (secondary N) is 1. The minimum atomic E-state index is -4.06. The molecular weight excluding hydrogens is 436 g/mol. The second kappa shape index (κ2) is 9.97. The monoisotopic (exact) mass is 464 g/mol. The molecule has 1 fully saturated rings. The number of rotatable bonds is 8. The van der Waals surface area contributed by atoms with Crippen molar-refractivity contribution in [1.82, 2.24) is 10.4 Å². The van der Waals surface area contributed by atoms with Crippen LogP contribution in [0.15, 0.2) is 47.4 Å². The second-order valence-corrected chi connectivity index (χ2v) is 9.93. The van der Waals surface area contributed by atoms with E-state index >= 15 is 0 Å². The maximum Gasteiger partial charge on any atom is 0.277 e. The fourth-order valence-electron chi connectivity index (χ4n) is 3.44. The predicted molar refractivity (Wildman–Crippen MR) is 117 cm³/mol. The summed E-state index contributed by atoms with van der Waals surface area (Å²) in [6.07, 6.45) is 0. The van der Waals surface area contributed by atoms with Gasteiger partial charge in [0.1, 0.15) is 11.5 Å². The molecule has 0 spiro atoms. The third kappa shape index (κ3) is 5.84. The fraction of sp³-hybridized carbons (Fsp3) is 0.409. The zero-order valence-corrected chi connectivity index (χ0v) is 18.9. The van der Waals surface area contributed by atoms with Gasteiger partial charge in [-0.15, -0.1) is 0 Å². The molecule has 9 nitrogen and oxygen atoms in total. The zero-order valence-electron chi connectivity index (χ0n) is 18.1. The van der Waals surface area contributed by atoms with E-state index in [0.29, 0.717) is 37.8 Å². The Morgan fingerprint density at radius 1 is 1.09 bits per heavy atom. The summed E-state index contributed by atoms with van der Waals surface area (Å²) in [6, 6.07) is 11.4. The molecule has 3 rings (SSSR count). The maximum atomic E-state index is 13.0. The first kappa shape index (κ1) is 24.1. The van der Waals surface area contributed by atoms with Gasteiger partial charge >= 0.3 is 0 Å². The number of amides is 1. The van der Waals surface area contributed by atoms with Crippen LogP contribution in [0, 0.1) is 13.8 Å². The topological polar surface area (TPSA) is 125 Å². The molecule has 0 bridgehead atoms. The van der Waals surface area contributed by atoms with Crippen LogP contribution in [0.3, 0.4) is 0 Å². The summed E-state index contributed by atoms with van der Waals surface area (Å²) in [4.78, 5) is 13.8. The van der Waals surface area contributed by atoms with E-state index in [-0.39, 0.29) is 11.4 Å². The van der Waals surface area contributed by atoms with Crippen molar-refractivity contribution in [2.45, 2.75) is 24.3 Å². The number of carbonyl (C=O) groups is 1. The molecule has 2 aromatic rings. The Kier molecular flexibility index (Phi) is 7.52. The maximum absolute atomic E-state index is 13.0. The molecule has 0 saturated carbocycles. The first-order chi connectivity index (χ1) is 15.1. The summed E-state index contributed by atoms with van der Waals surface area (Å²) < 4.78 is 36.9. The van der Waals surface area contributed by atoms with Crippen molar-refractivity contribution in [3.8, 4) is 11.5 Å². The van der Waals surface area contributed by atoms with Crippen molar-refractivity contribution < 1.29 is 33.0 Å². The number of hydrogen-bond acceptors (Lipinski definition) is 8. The van der Waals surface area contributed by atoms with E-state index in [1.54, 1.807) is 4.90 Å². The van der Waals surface area contributed by atoms with E-state index in [1.807, 2.05) is 32.0 Å². The molecule has 0 radical (unpaired) electrons. The molecule has 1 aliphatic heterocycles. The van der Waals surface area contributed by atoms with Crippen LogP contribution in [0.1, 0.15) is 11.1 Å².